The third-order valence-corrected chi connectivity index (χ3v) is 3.73. The number of rotatable bonds is 6. The second kappa shape index (κ2) is 7.55. The first kappa shape index (κ1) is 15.9. The molecule has 0 saturated carbocycles. The SMILES string of the molecule is CC[C@@H](C(=O)OCc1nc(-c2ccccc2)no1)c1ccccc1. The molecule has 0 amide bonds. The summed E-state index contributed by atoms with van der Waals surface area (Å²) in [6, 6.07) is 19.1. The normalized spacial score (nSPS) is 11.9. The number of nitrogens with zero attached hydrogens (tertiary/aromatic N) is 2. The smallest absolute Gasteiger partial charge is 0.313 e. The van der Waals surface area contributed by atoms with E-state index in [4.69, 9.17) is 9.26 Å². The summed E-state index contributed by atoms with van der Waals surface area (Å²) in [6.07, 6.45) is 0.669. The third-order valence-electron chi connectivity index (χ3n) is 3.73. The molecule has 5 heteroatoms. The molecule has 3 aromatic rings. The zero-order chi connectivity index (χ0) is 16.8. The van der Waals surface area contributed by atoms with Gasteiger partial charge in [0, 0.05) is 5.56 Å². The van der Waals surface area contributed by atoms with Gasteiger partial charge in [-0.1, -0.05) is 72.7 Å². The topological polar surface area (TPSA) is 65.2 Å². The Morgan fingerprint density at radius 1 is 1.08 bits per heavy atom. The average Bonchev–Trinajstić information content (AvgIpc) is 3.11. The van der Waals surface area contributed by atoms with Crippen molar-refractivity contribution in [3.63, 3.8) is 0 Å². The Hall–Kier alpha value is -2.95. The van der Waals surface area contributed by atoms with E-state index in [0.717, 1.165) is 11.1 Å². The van der Waals surface area contributed by atoms with E-state index in [-0.39, 0.29) is 24.4 Å². The molecule has 0 N–H and O–H groups in total. The van der Waals surface area contributed by atoms with Gasteiger partial charge in [-0.3, -0.25) is 4.79 Å². The number of carbonyl (C=O) groups excluding carboxylic acids is 1. The Labute approximate surface area is 140 Å². The van der Waals surface area contributed by atoms with Gasteiger partial charge in [0.15, 0.2) is 6.61 Å². The van der Waals surface area contributed by atoms with Crippen LogP contribution >= 0.6 is 0 Å². The van der Waals surface area contributed by atoms with Gasteiger partial charge in [0.05, 0.1) is 5.92 Å². The number of carbonyl (C=O) groups is 1. The van der Waals surface area contributed by atoms with Crippen molar-refractivity contribution in [2.75, 3.05) is 0 Å². The van der Waals surface area contributed by atoms with Gasteiger partial charge >= 0.3 is 5.97 Å². The van der Waals surface area contributed by atoms with Crippen molar-refractivity contribution >= 4 is 5.97 Å². The molecule has 2 aromatic carbocycles. The number of esters is 1. The predicted molar refractivity (Wildman–Crippen MR) is 89.0 cm³/mol. The number of benzene rings is 2. The fourth-order valence-corrected chi connectivity index (χ4v) is 2.48. The van der Waals surface area contributed by atoms with Crippen LogP contribution in [0, 0.1) is 0 Å². The lowest BCUT2D eigenvalue weighted by Crippen LogP contribution is -2.15. The molecular weight excluding hydrogens is 304 g/mol. The van der Waals surface area contributed by atoms with Crippen LogP contribution in [0.2, 0.25) is 0 Å². The summed E-state index contributed by atoms with van der Waals surface area (Å²) in [5.74, 6) is 0.188. The summed E-state index contributed by atoms with van der Waals surface area (Å²) in [5, 5.41) is 3.91. The molecule has 0 spiro atoms. The lowest BCUT2D eigenvalue weighted by molar-refractivity contribution is -0.147. The largest absolute Gasteiger partial charge is 0.455 e. The number of ether oxygens (including phenoxy) is 1. The first-order chi connectivity index (χ1) is 11.8. The molecule has 122 valence electrons. The molecular formula is C19H18N2O3. The van der Waals surface area contributed by atoms with E-state index < -0.39 is 0 Å². The van der Waals surface area contributed by atoms with Crippen molar-refractivity contribution in [1.29, 1.82) is 0 Å². The molecule has 5 nitrogen and oxygen atoms in total. The fraction of sp³-hybridized carbons (Fsp3) is 0.211. The lowest BCUT2D eigenvalue weighted by Gasteiger charge is -2.13. The van der Waals surface area contributed by atoms with Crippen LogP contribution in [0.1, 0.15) is 30.7 Å². The van der Waals surface area contributed by atoms with Gasteiger partial charge < -0.3 is 9.26 Å². The molecule has 0 aliphatic rings. The van der Waals surface area contributed by atoms with Gasteiger partial charge in [0.1, 0.15) is 0 Å². The Balaban J connectivity index is 1.63. The first-order valence-corrected chi connectivity index (χ1v) is 7.87. The van der Waals surface area contributed by atoms with E-state index >= 15 is 0 Å². The van der Waals surface area contributed by atoms with Gasteiger partial charge in [0.25, 0.3) is 5.89 Å². The number of hydrogen-bond acceptors (Lipinski definition) is 5. The highest BCUT2D eigenvalue weighted by atomic mass is 16.6. The van der Waals surface area contributed by atoms with Crippen LogP contribution in [0.5, 0.6) is 0 Å². The molecule has 0 aliphatic heterocycles. The van der Waals surface area contributed by atoms with Crippen molar-refractivity contribution in [2.45, 2.75) is 25.9 Å². The van der Waals surface area contributed by atoms with Crippen LogP contribution in [0.3, 0.4) is 0 Å². The van der Waals surface area contributed by atoms with Crippen molar-refractivity contribution in [3.8, 4) is 11.4 Å². The molecule has 0 bridgehead atoms. The van der Waals surface area contributed by atoms with E-state index in [2.05, 4.69) is 10.1 Å². The minimum atomic E-state index is -0.289. The predicted octanol–water partition coefficient (Wildman–Crippen LogP) is 3.97. The summed E-state index contributed by atoms with van der Waals surface area (Å²) in [7, 11) is 0. The van der Waals surface area contributed by atoms with Crippen LogP contribution < -0.4 is 0 Å². The van der Waals surface area contributed by atoms with Crippen LogP contribution in [-0.2, 0) is 16.1 Å². The van der Waals surface area contributed by atoms with E-state index in [9.17, 15) is 4.79 Å². The van der Waals surface area contributed by atoms with Crippen molar-refractivity contribution < 1.29 is 14.1 Å². The zero-order valence-corrected chi connectivity index (χ0v) is 13.4. The fourth-order valence-electron chi connectivity index (χ4n) is 2.48. The Kier molecular flexibility index (Phi) is 5.01. The Morgan fingerprint density at radius 3 is 2.42 bits per heavy atom. The first-order valence-electron chi connectivity index (χ1n) is 7.87. The summed E-state index contributed by atoms with van der Waals surface area (Å²) >= 11 is 0. The van der Waals surface area contributed by atoms with E-state index in [1.54, 1.807) is 0 Å². The maximum atomic E-state index is 12.3. The molecule has 1 aromatic heterocycles. The highest BCUT2D eigenvalue weighted by Gasteiger charge is 2.21. The standard InChI is InChI=1S/C19H18N2O3/c1-2-16(14-9-5-3-6-10-14)19(22)23-13-17-20-18(21-24-17)15-11-7-4-8-12-15/h3-12,16H,2,13H2,1H3/t16-/m1/s1. The second-order valence-electron chi connectivity index (χ2n) is 5.36. The number of hydrogen-bond donors (Lipinski definition) is 0. The molecule has 24 heavy (non-hydrogen) atoms. The molecule has 0 aliphatic carbocycles. The van der Waals surface area contributed by atoms with Gasteiger partial charge in [-0.2, -0.15) is 4.98 Å². The quantitative estimate of drug-likeness (QED) is 0.642. The molecule has 0 unspecified atom stereocenters. The minimum Gasteiger partial charge on any atom is -0.455 e. The maximum Gasteiger partial charge on any atom is 0.313 e. The molecule has 0 radical (unpaired) electrons. The highest BCUT2D eigenvalue weighted by Crippen LogP contribution is 2.21. The summed E-state index contributed by atoms with van der Waals surface area (Å²) in [6.45, 7) is 1.93. The molecule has 0 saturated heterocycles. The van der Waals surface area contributed by atoms with Crippen LogP contribution in [0.25, 0.3) is 11.4 Å². The van der Waals surface area contributed by atoms with E-state index in [1.807, 2.05) is 67.6 Å². The molecule has 1 heterocycles. The van der Waals surface area contributed by atoms with Gasteiger partial charge in [-0.05, 0) is 12.0 Å². The third kappa shape index (κ3) is 3.68. The molecule has 1 atom stereocenters. The Bertz CT molecular complexity index is 785. The highest BCUT2D eigenvalue weighted by molar-refractivity contribution is 5.78. The number of aromatic nitrogens is 2. The van der Waals surface area contributed by atoms with Crippen molar-refractivity contribution in [1.82, 2.24) is 10.1 Å². The van der Waals surface area contributed by atoms with Crippen LogP contribution in [-0.4, -0.2) is 16.1 Å². The van der Waals surface area contributed by atoms with Crippen LogP contribution in [0.15, 0.2) is 65.2 Å². The lowest BCUT2D eigenvalue weighted by atomic mass is 9.97. The summed E-state index contributed by atoms with van der Waals surface area (Å²) in [4.78, 5) is 16.6. The average molecular weight is 322 g/mol. The molecule has 3 rings (SSSR count). The van der Waals surface area contributed by atoms with Crippen molar-refractivity contribution in [3.05, 3.63) is 72.1 Å². The van der Waals surface area contributed by atoms with Gasteiger partial charge in [-0.15, -0.1) is 0 Å². The monoisotopic (exact) mass is 322 g/mol. The molecule has 0 fully saturated rings. The summed E-state index contributed by atoms with van der Waals surface area (Å²) in [5.41, 5.74) is 1.80. The van der Waals surface area contributed by atoms with E-state index in [1.165, 1.54) is 0 Å². The minimum absolute atomic E-state index is 0.0258. The van der Waals surface area contributed by atoms with E-state index in [0.29, 0.717) is 12.2 Å². The zero-order valence-electron chi connectivity index (χ0n) is 13.4. The Morgan fingerprint density at radius 2 is 1.75 bits per heavy atom. The van der Waals surface area contributed by atoms with Gasteiger partial charge in [0.2, 0.25) is 5.82 Å². The second-order valence-corrected chi connectivity index (χ2v) is 5.36. The maximum absolute atomic E-state index is 12.3. The summed E-state index contributed by atoms with van der Waals surface area (Å²) < 4.78 is 10.5. The van der Waals surface area contributed by atoms with Crippen molar-refractivity contribution in [2.24, 2.45) is 0 Å². The van der Waals surface area contributed by atoms with Crippen LogP contribution in [0.4, 0.5) is 0 Å². The van der Waals surface area contributed by atoms with Gasteiger partial charge in [-0.25, -0.2) is 0 Å².